The molecule has 0 radical (unpaired) electrons. The van der Waals surface area contributed by atoms with Crippen LogP contribution < -0.4 is 4.90 Å². The fourth-order valence-corrected chi connectivity index (χ4v) is 6.11. The molecule has 35 heavy (non-hydrogen) atoms. The van der Waals surface area contributed by atoms with Crippen LogP contribution >= 0.6 is 22.9 Å². The Labute approximate surface area is 212 Å². The first kappa shape index (κ1) is 23.6. The van der Waals surface area contributed by atoms with E-state index in [1.54, 1.807) is 53.4 Å². The first-order valence-corrected chi connectivity index (χ1v) is 13.7. The van der Waals surface area contributed by atoms with Crippen molar-refractivity contribution < 1.29 is 17.6 Å². The Morgan fingerprint density at radius 2 is 1.71 bits per heavy atom. The van der Waals surface area contributed by atoms with Gasteiger partial charge in [0, 0.05) is 26.2 Å². The number of benzene rings is 2. The summed E-state index contributed by atoms with van der Waals surface area (Å²) >= 11 is 7.63. The molecule has 0 atom stereocenters. The van der Waals surface area contributed by atoms with Gasteiger partial charge in [0.15, 0.2) is 0 Å². The maximum absolute atomic E-state index is 13.6. The topological polar surface area (TPSA) is 83.7 Å². The Kier molecular flexibility index (Phi) is 6.39. The molecule has 0 unspecified atom stereocenters. The molecule has 0 saturated carbocycles. The summed E-state index contributed by atoms with van der Waals surface area (Å²) in [6, 6.07) is 17.3. The van der Waals surface area contributed by atoms with Crippen LogP contribution in [-0.4, -0.2) is 50.4 Å². The van der Waals surface area contributed by atoms with E-state index in [4.69, 9.17) is 16.0 Å². The molecule has 3 heterocycles. The molecule has 10 heteroatoms. The van der Waals surface area contributed by atoms with Gasteiger partial charge in [-0.15, -0.1) is 11.3 Å². The van der Waals surface area contributed by atoms with Crippen LogP contribution in [0.25, 0.3) is 10.8 Å². The molecule has 0 N–H and O–H groups in total. The van der Waals surface area contributed by atoms with Gasteiger partial charge in [0.05, 0.1) is 20.4 Å². The lowest BCUT2D eigenvalue weighted by Crippen LogP contribution is -2.49. The van der Waals surface area contributed by atoms with Gasteiger partial charge in [-0.05, 0) is 42.6 Å². The number of carbonyl (C=O) groups excluding carboxylic acids is 1. The second-order valence-electron chi connectivity index (χ2n) is 8.18. The van der Waals surface area contributed by atoms with Gasteiger partial charge >= 0.3 is 0 Å². The second kappa shape index (κ2) is 9.49. The van der Waals surface area contributed by atoms with Crippen molar-refractivity contribution in [3.8, 4) is 10.8 Å². The zero-order valence-electron chi connectivity index (χ0n) is 18.8. The van der Waals surface area contributed by atoms with Crippen molar-refractivity contribution in [2.24, 2.45) is 0 Å². The van der Waals surface area contributed by atoms with Crippen molar-refractivity contribution in [2.45, 2.75) is 16.8 Å². The molecule has 2 aromatic heterocycles. The van der Waals surface area contributed by atoms with Crippen molar-refractivity contribution in [1.82, 2.24) is 9.88 Å². The Morgan fingerprint density at radius 1 is 1.00 bits per heavy atom. The van der Waals surface area contributed by atoms with Gasteiger partial charge in [0.25, 0.3) is 5.91 Å². The van der Waals surface area contributed by atoms with Gasteiger partial charge in [0.1, 0.15) is 0 Å². The average molecular weight is 528 g/mol. The van der Waals surface area contributed by atoms with Crippen LogP contribution in [0.5, 0.6) is 0 Å². The number of hydrogen-bond donors (Lipinski definition) is 0. The molecule has 1 aliphatic rings. The number of hydrogen-bond acceptors (Lipinski definition) is 7. The Balaban J connectivity index is 1.45. The van der Waals surface area contributed by atoms with E-state index in [1.165, 1.54) is 11.3 Å². The minimum atomic E-state index is -3.92. The number of piperazine rings is 1. The number of rotatable bonds is 5. The molecular weight excluding hydrogens is 506 g/mol. The first-order valence-electron chi connectivity index (χ1n) is 11.0. The zero-order valence-corrected chi connectivity index (χ0v) is 21.2. The molecule has 0 aliphatic carbocycles. The molecule has 0 spiro atoms. The molecule has 1 fully saturated rings. The van der Waals surface area contributed by atoms with Crippen LogP contribution in [0, 0.1) is 6.92 Å². The zero-order chi connectivity index (χ0) is 24.6. The van der Waals surface area contributed by atoms with E-state index in [2.05, 4.69) is 4.98 Å². The molecule has 1 saturated heterocycles. The summed E-state index contributed by atoms with van der Waals surface area (Å²) in [5.41, 5.74) is 1.41. The summed E-state index contributed by atoms with van der Waals surface area (Å²) in [7, 11) is -3.92. The number of nitrogens with zero attached hydrogens (tertiary/aromatic N) is 3. The van der Waals surface area contributed by atoms with E-state index in [0.717, 1.165) is 10.4 Å². The van der Waals surface area contributed by atoms with E-state index in [9.17, 15) is 13.2 Å². The number of anilines is 1. The fourth-order valence-electron chi connectivity index (χ4n) is 3.93. The van der Waals surface area contributed by atoms with Gasteiger partial charge in [-0.25, -0.2) is 8.42 Å². The molecule has 7 nitrogen and oxygen atoms in total. The first-order chi connectivity index (χ1) is 16.8. The second-order valence-corrected chi connectivity index (χ2v) is 11.4. The Bertz CT molecular complexity index is 1460. The van der Waals surface area contributed by atoms with E-state index >= 15 is 0 Å². The summed E-state index contributed by atoms with van der Waals surface area (Å²) in [4.78, 5) is 21.8. The molecule has 5 rings (SSSR count). The average Bonchev–Trinajstić information content (AvgIpc) is 3.55. The summed E-state index contributed by atoms with van der Waals surface area (Å²) in [5, 5.41) is 2.17. The Hall–Kier alpha value is -3.14. The lowest BCUT2D eigenvalue weighted by molar-refractivity contribution is 0.0745. The van der Waals surface area contributed by atoms with Crippen molar-refractivity contribution in [3.63, 3.8) is 0 Å². The SMILES string of the molecule is Cc1ccc(S(=O)(=O)c2nc(-c3cccs3)oc2N2CCN(C(=O)c3ccccc3Cl)CC2)cc1. The van der Waals surface area contributed by atoms with Crippen molar-refractivity contribution in [3.05, 3.63) is 82.2 Å². The molecule has 2 aromatic carbocycles. The number of halogens is 1. The van der Waals surface area contributed by atoms with Crippen LogP contribution in [0.4, 0.5) is 5.88 Å². The third kappa shape index (κ3) is 4.59. The molecule has 4 aromatic rings. The van der Waals surface area contributed by atoms with Gasteiger partial charge in [-0.1, -0.05) is 47.5 Å². The molecule has 180 valence electrons. The lowest BCUT2D eigenvalue weighted by Gasteiger charge is -2.34. The number of carbonyl (C=O) groups is 1. The number of amides is 1. The van der Waals surface area contributed by atoms with E-state index in [0.29, 0.717) is 36.8 Å². The van der Waals surface area contributed by atoms with E-state index in [-0.39, 0.29) is 27.6 Å². The summed E-state index contributed by atoms with van der Waals surface area (Å²) in [5.74, 6) is 0.300. The summed E-state index contributed by atoms with van der Waals surface area (Å²) in [6.45, 7) is 3.47. The number of aryl methyl sites for hydroxylation is 1. The highest BCUT2D eigenvalue weighted by atomic mass is 35.5. The van der Waals surface area contributed by atoms with E-state index < -0.39 is 9.84 Å². The van der Waals surface area contributed by atoms with Gasteiger partial charge < -0.3 is 14.2 Å². The highest BCUT2D eigenvalue weighted by Crippen LogP contribution is 2.36. The van der Waals surface area contributed by atoms with Crippen LogP contribution in [0.2, 0.25) is 5.02 Å². The number of aromatic nitrogens is 1. The number of sulfone groups is 1. The van der Waals surface area contributed by atoms with Crippen molar-refractivity contribution in [2.75, 3.05) is 31.1 Å². The lowest BCUT2D eigenvalue weighted by atomic mass is 10.2. The molecule has 1 amide bonds. The highest BCUT2D eigenvalue weighted by Gasteiger charge is 2.34. The van der Waals surface area contributed by atoms with Gasteiger partial charge in [-0.3, -0.25) is 4.79 Å². The smallest absolute Gasteiger partial charge is 0.255 e. The standard InChI is InChI=1S/C25H22ClN3O4S2/c1-17-8-10-18(11-9-17)35(31,32)23-25(33-22(27-23)21-7-4-16-34-21)29-14-12-28(13-15-29)24(30)19-5-2-3-6-20(19)26/h2-11,16H,12-15H2,1H3. The summed E-state index contributed by atoms with van der Waals surface area (Å²) in [6.07, 6.45) is 0. The minimum absolute atomic E-state index is 0.115. The Morgan fingerprint density at radius 3 is 2.37 bits per heavy atom. The van der Waals surface area contributed by atoms with Gasteiger partial charge in [0.2, 0.25) is 26.6 Å². The molecular formula is C25H22ClN3O4S2. The number of thiophene rings is 1. The monoisotopic (exact) mass is 527 g/mol. The predicted molar refractivity (Wildman–Crippen MR) is 136 cm³/mol. The number of oxazole rings is 1. The third-order valence-corrected chi connectivity index (χ3v) is 8.71. The quantitative estimate of drug-likeness (QED) is 0.356. The van der Waals surface area contributed by atoms with Crippen LogP contribution in [0.15, 0.2) is 80.4 Å². The van der Waals surface area contributed by atoms with Crippen LogP contribution in [0.1, 0.15) is 15.9 Å². The van der Waals surface area contributed by atoms with E-state index in [1.807, 2.05) is 29.3 Å². The van der Waals surface area contributed by atoms with Crippen molar-refractivity contribution >= 4 is 44.6 Å². The van der Waals surface area contributed by atoms with Crippen molar-refractivity contribution in [1.29, 1.82) is 0 Å². The fraction of sp³-hybridized carbons (Fsp3) is 0.200. The maximum atomic E-state index is 13.6. The van der Waals surface area contributed by atoms with Gasteiger partial charge in [-0.2, -0.15) is 4.98 Å². The highest BCUT2D eigenvalue weighted by molar-refractivity contribution is 7.91. The van der Waals surface area contributed by atoms with Crippen LogP contribution in [0.3, 0.4) is 0 Å². The predicted octanol–water partition coefficient (Wildman–Crippen LogP) is 5.16. The molecule has 0 bridgehead atoms. The maximum Gasteiger partial charge on any atom is 0.255 e. The largest absolute Gasteiger partial charge is 0.418 e. The summed E-state index contributed by atoms with van der Waals surface area (Å²) < 4.78 is 33.2. The third-order valence-electron chi connectivity index (χ3n) is 5.86. The van der Waals surface area contributed by atoms with Crippen LogP contribution in [-0.2, 0) is 9.84 Å². The molecule has 1 aliphatic heterocycles. The normalized spacial score (nSPS) is 14.3. The minimum Gasteiger partial charge on any atom is -0.418 e.